The zero-order chi connectivity index (χ0) is 13.0. The molecule has 0 amide bonds. The highest BCUT2D eigenvalue weighted by Gasteiger charge is 2.23. The largest absolute Gasteiger partial charge is 0.295 e. The van der Waals surface area contributed by atoms with Gasteiger partial charge in [0.25, 0.3) is 0 Å². The van der Waals surface area contributed by atoms with Crippen LogP contribution < -0.4 is 0 Å². The molecule has 0 spiro atoms. The molecule has 1 aliphatic rings. The Bertz CT molecular complexity index is 371. The molecule has 2 rings (SSSR count). The number of hydrogen-bond donors (Lipinski definition) is 0. The Morgan fingerprint density at radius 3 is 2.33 bits per heavy atom. The van der Waals surface area contributed by atoms with Crippen molar-refractivity contribution < 1.29 is 0 Å². The van der Waals surface area contributed by atoms with Crippen molar-refractivity contribution in [1.82, 2.24) is 4.90 Å². The zero-order valence-electron chi connectivity index (χ0n) is 10.3. The quantitative estimate of drug-likeness (QED) is 0.665. The van der Waals surface area contributed by atoms with Crippen molar-refractivity contribution >= 4 is 39.1 Å². The van der Waals surface area contributed by atoms with Crippen molar-refractivity contribution in [3.8, 4) is 0 Å². The predicted molar refractivity (Wildman–Crippen MR) is 82.9 cm³/mol. The zero-order valence-corrected chi connectivity index (χ0v) is 13.4. The van der Waals surface area contributed by atoms with Crippen LogP contribution in [0, 0.1) is 0 Å². The number of benzene rings is 1. The lowest BCUT2D eigenvalue weighted by Gasteiger charge is -2.28. The minimum atomic E-state index is 0.690. The van der Waals surface area contributed by atoms with E-state index in [9.17, 15) is 0 Å². The molecule has 1 nitrogen and oxygen atoms in total. The van der Waals surface area contributed by atoms with Crippen LogP contribution in [-0.2, 0) is 6.54 Å². The van der Waals surface area contributed by atoms with E-state index in [1.54, 1.807) is 0 Å². The van der Waals surface area contributed by atoms with Gasteiger partial charge in [-0.15, -0.1) is 0 Å². The normalized spacial score (nSPS) is 16.7. The van der Waals surface area contributed by atoms with E-state index in [0.717, 1.165) is 34.0 Å². The highest BCUT2D eigenvalue weighted by Crippen LogP contribution is 2.30. The first-order chi connectivity index (χ1) is 8.72. The number of hydrogen-bond acceptors (Lipinski definition) is 1. The molecule has 18 heavy (non-hydrogen) atoms. The van der Waals surface area contributed by atoms with Gasteiger partial charge in [-0.3, -0.25) is 4.90 Å². The molecule has 0 heterocycles. The lowest BCUT2D eigenvalue weighted by molar-refractivity contribution is 0.203. The van der Waals surface area contributed by atoms with Crippen LogP contribution in [0.2, 0.25) is 10.0 Å². The third-order valence-electron chi connectivity index (χ3n) is 3.64. The molecule has 0 atom stereocenters. The van der Waals surface area contributed by atoms with Gasteiger partial charge in [-0.1, -0.05) is 58.0 Å². The van der Waals surface area contributed by atoms with E-state index in [-0.39, 0.29) is 0 Å². The Labute approximate surface area is 128 Å². The van der Waals surface area contributed by atoms with Gasteiger partial charge < -0.3 is 0 Å². The summed E-state index contributed by atoms with van der Waals surface area (Å²) >= 11 is 16.1. The summed E-state index contributed by atoms with van der Waals surface area (Å²) in [6, 6.07) is 6.43. The summed E-state index contributed by atoms with van der Waals surface area (Å²) in [6.07, 6.45) is 5.30. The van der Waals surface area contributed by atoms with Crippen molar-refractivity contribution in [3.05, 3.63) is 33.8 Å². The van der Waals surface area contributed by atoms with Gasteiger partial charge in [-0.05, 0) is 25.0 Å². The Morgan fingerprint density at radius 2 is 1.78 bits per heavy atom. The molecule has 0 N–H and O–H groups in total. The van der Waals surface area contributed by atoms with Crippen molar-refractivity contribution in [3.63, 3.8) is 0 Å². The number of halogens is 3. The van der Waals surface area contributed by atoms with Crippen LogP contribution in [0.15, 0.2) is 18.2 Å². The third-order valence-corrected chi connectivity index (χ3v) is 4.70. The van der Waals surface area contributed by atoms with E-state index in [4.69, 9.17) is 23.2 Å². The number of nitrogens with zero attached hydrogens (tertiary/aromatic N) is 1. The van der Waals surface area contributed by atoms with Gasteiger partial charge in [0.2, 0.25) is 0 Å². The van der Waals surface area contributed by atoms with E-state index >= 15 is 0 Å². The molecule has 1 aromatic carbocycles. The molecule has 0 unspecified atom stereocenters. The van der Waals surface area contributed by atoms with Crippen LogP contribution in [0.5, 0.6) is 0 Å². The van der Waals surface area contributed by atoms with Crippen LogP contribution in [0.25, 0.3) is 0 Å². The number of alkyl halides is 1. The van der Waals surface area contributed by atoms with Crippen molar-refractivity contribution in [2.24, 2.45) is 0 Å². The van der Waals surface area contributed by atoms with Gasteiger partial charge >= 0.3 is 0 Å². The lowest BCUT2D eigenvalue weighted by Crippen LogP contribution is -2.34. The summed E-state index contributed by atoms with van der Waals surface area (Å²) in [5, 5.41) is 2.55. The Hall–Kier alpha value is 0.240. The average molecular weight is 351 g/mol. The first-order valence-electron chi connectivity index (χ1n) is 6.45. The second-order valence-corrected chi connectivity index (χ2v) is 6.41. The lowest BCUT2D eigenvalue weighted by atomic mass is 10.1. The van der Waals surface area contributed by atoms with Gasteiger partial charge in [0.05, 0.1) is 0 Å². The van der Waals surface area contributed by atoms with E-state index in [1.807, 2.05) is 18.2 Å². The Morgan fingerprint density at radius 1 is 1.17 bits per heavy atom. The molecular formula is C14H18BrCl2N. The molecule has 0 aliphatic heterocycles. The summed E-state index contributed by atoms with van der Waals surface area (Å²) in [7, 11) is 0. The molecule has 0 radical (unpaired) electrons. The molecule has 1 aliphatic carbocycles. The maximum absolute atomic E-state index is 6.26. The van der Waals surface area contributed by atoms with Crippen LogP contribution in [-0.4, -0.2) is 22.8 Å². The molecule has 1 aromatic rings. The van der Waals surface area contributed by atoms with E-state index in [0.29, 0.717) is 6.04 Å². The highest BCUT2D eigenvalue weighted by molar-refractivity contribution is 9.09. The van der Waals surface area contributed by atoms with Crippen LogP contribution in [0.3, 0.4) is 0 Å². The van der Waals surface area contributed by atoms with Gasteiger partial charge in [0, 0.05) is 40.1 Å². The smallest absolute Gasteiger partial charge is 0.0465 e. The van der Waals surface area contributed by atoms with Crippen molar-refractivity contribution in [1.29, 1.82) is 0 Å². The summed E-state index contributed by atoms with van der Waals surface area (Å²) in [5.41, 5.74) is 1.06. The second-order valence-electron chi connectivity index (χ2n) is 4.80. The standard InChI is InChI=1S/C14H18BrCl2N/c15-8-9-18(11-4-1-2-5-11)10-12-13(16)6-3-7-14(12)17/h3,6-7,11H,1-2,4-5,8-10H2. The first-order valence-corrected chi connectivity index (χ1v) is 8.33. The van der Waals surface area contributed by atoms with Gasteiger partial charge in [-0.25, -0.2) is 0 Å². The third kappa shape index (κ3) is 3.63. The van der Waals surface area contributed by atoms with Crippen molar-refractivity contribution in [2.45, 2.75) is 38.3 Å². The van der Waals surface area contributed by atoms with Gasteiger partial charge in [0.15, 0.2) is 0 Å². The fourth-order valence-electron chi connectivity index (χ4n) is 2.66. The molecule has 0 saturated heterocycles. The minimum Gasteiger partial charge on any atom is -0.295 e. The monoisotopic (exact) mass is 349 g/mol. The topological polar surface area (TPSA) is 3.24 Å². The van der Waals surface area contributed by atoms with Gasteiger partial charge in [0.1, 0.15) is 0 Å². The molecule has 1 fully saturated rings. The average Bonchev–Trinajstić information content (AvgIpc) is 2.86. The summed E-state index contributed by atoms with van der Waals surface area (Å²) in [6.45, 7) is 1.90. The van der Waals surface area contributed by atoms with E-state index in [1.165, 1.54) is 25.7 Å². The van der Waals surface area contributed by atoms with Crippen molar-refractivity contribution in [2.75, 3.05) is 11.9 Å². The summed E-state index contributed by atoms with van der Waals surface area (Å²) in [5.74, 6) is 0. The minimum absolute atomic E-state index is 0.690. The number of rotatable bonds is 5. The Kier molecular flexibility index (Phi) is 5.81. The maximum Gasteiger partial charge on any atom is 0.0465 e. The van der Waals surface area contributed by atoms with Crippen LogP contribution in [0.1, 0.15) is 31.2 Å². The molecule has 4 heteroatoms. The predicted octanol–water partition coefficient (Wildman–Crippen LogP) is 5.13. The van der Waals surface area contributed by atoms with Gasteiger partial charge in [-0.2, -0.15) is 0 Å². The molecule has 0 aromatic heterocycles. The van der Waals surface area contributed by atoms with Crippen LogP contribution >= 0.6 is 39.1 Å². The summed E-state index contributed by atoms with van der Waals surface area (Å²) in [4.78, 5) is 2.51. The molecule has 100 valence electrons. The second kappa shape index (κ2) is 7.14. The molecular weight excluding hydrogens is 333 g/mol. The molecule has 0 bridgehead atoms. The molecule has 1 saturated carbocycles. The van der Waals surface area contributed by atoms with E-state index < -0.39 is 0 Å². The SMILES string of the molecule is Clc1cccc(Cl)c1CN(CCBr)C1CCCC1. The fourth-order valence-corrected chi connectivity index (χ4v) is 3.63. The maximum atomic E-state index is 6.26. The summed E-state index contributed by atoms with van der Waals surface area (Å²) < 4.78 is 0. The fraction of sp³-hybridized carbons (Fsp3) is 0.571. The van der Waals surface area contributed by atoms with E-state index in [2.05, 4.69) is 20.8 Å². The highest BCUT2D eigenvalue weighted by atomic mass is 79.9. The first kappa shape index (κ1) is 14.6. The van der Waals surface area contributed by atoms with Crippen LogP contribution in [0.4, 0.5) is 0 Å². The Balaban J connectivity index is 2.12.